The second-order valence-electron chi connectivity index (χ2n) is 9.68. The Morgan fingerprint density at radius 1 is 0.725 bits per heavy atom. The van der Waals surface area contributed by atoms with Gasteiger partial charge in [-0.3, -0.25) is 0 Å². The van der Waals surface area contributed by atoms with Crippen LogP contribution in [0.2, 0.25) is 5.28 Å². The standard InChI is InChI=1S/C27H22ClN7O10S3.3Na/c1-2-14-7-3-4-8-17(14)29-26-31-25(28)32-27(33-26)30-19-13-16(46(37,38)39)11-15-12-21(48(43,44)45)23(24(36)22(15)19)35-34-18-9-5-6-10-20(18)47(40,41)42;;;/h3-13,36H,2H2,1H3,(H,37,38,39)(H,40,41,42)(H,43,44,45)(H2,29,30,31,32,33);;;/q;3*+1/p-3. The first-order chi connectivity index (χ1) is 22.5. The van der Waals surface area contributed by atoms with E-state index in [1.54, 1.807) is 12.1 Å². The van der Waals surface area contributed by atoms with Crippen molar-refractivity contribution in [2.45, 2.75) is 28.0 Å². The zero-order valence-corrected chi connectivity index (χ0v) is 36.2. The van der Waals surface area contributed by atoms with E-state index in [4.69, 9.17) is 11.6 Å². The molecule has 5 aromatic rings. The van der Waals surface area contributed by atoms with E-state index in [1.807, 2.05) is 19.1 Å². The van der Waals surface area contributed by atoms with Gasteiger partial charge in [0.05, 0.1) is 20.4 Å². The van der Waals surface area contributed by atoms with E-state index in [1.165, 1.54) is 12.1 Å². The van der Waals surface area contributed by atoms with Gasteiger partial charge in [-0.2, -0.15) is 15.0 Å². The van der Waals surface area contributed by atoms with Gasteiger partial charge in [-0.15, -0.1) is 10.2 Å². The minimum atomic E-state index is -5.51. The molecule has 250 valence electrons. The van der Waals surface area contributed by atoms with E-state index in [9.17, 15) is 44.0 Å². The first-order valence-electron chi connectivity index (χ1n) is 13.2. The van der Waals surface area contributed by atoms with Gasteiger partial charge in [-0.25, -0.2) is 25.3 Å². The van der Waals surface area contributed by atoms with Crippen LogP contribution in [0.25, 0.3) is 10.8 Å². The summed E-state index contributed by atoms with van der Waals surface area (Å²) in [4.78, 5) is 9.18. The van der Waals surface area contributed by atoms with Crippen molar-refractivity contribution in [1.82, 2.24) is 15.0 Å². The van der Waals surface area contributed by atoms with Crippen molar-refractivity contribution in [2.24, 2.45) is 10.2 Å². The van der Waals surface area contributed by atoms with Crippen molar-refractivity contribution in [3.05, 3.63) is 77.6 Å². The molecule has 0 bridgehead atoms. The minimum absolute atomic E-state index is 0. The molecule has 0 saturated carbocycles. The van der Waals surface area contributed by atoms with Gasteiger partial charge in [0.15, 0.2) is 5.75 Å². The second kappa shape index (κ2) is 18.0. The number of benzene rings is 4. The maximum atomic E-state index is 12.3. The molecule has 0 fully saturated rings. The van der Waals surface area contributed by atoms with E-state index in [0.29, 0.717) is 24.2 Å². The molecule has 17 nitrogen and oxygen atoms in total. The third-order valence-electron chi connectivity index (χ3n) is 6.57. The summed E-state index contributed by atoms with van der Waals surface area (Å²) >= 11 is 6.12. The summed E-state index contributed by atoms with van der Waals surface area (Å²) in [5.74, 6) is -1.49. The Kier molecular flexibility index (Phi) is 16.0. The number of nitrogens with zero attached hydrogens (tertiary/aromatic N) is 5. The summed E-state index contributed by atoms with van der Waals surface area (Å²) in [5, 5.41) is 22.9. The molecule has 0 amide bonds. The normalized spacial score (nSPS) is 11.7. The van der Waals surface area contributed by atoms with Crippen molar-refractivity contribution in [3.63, 3.8) is 0 Å². The number of rotatable bonds is 10. The number of para-hydroxylation sites is 1. The molecule has 51 heavy (non-hydrogen) atoms. The monoisotopic (exact) mass is 801 g/mol. The number of phenols is 1. The van der Waals surface area contributed by atoms with E-state index >= 15 is 0 Å². The third-order valence-corrected chi connectivity index (χ3v) is 9.29. The summed E-state index contributed by atoms with van der Waals surface area (Å²) in [7, 11) is -15.8. The number of aromatic nitrogens is 3. The van der Waals surface area contributed by atoms with Gasteiger partial charge in [0.2, 0.25) is 17.2 Å². The van der Waals surface area contributed by atoms with Crippen LogP contribution in [0.5, 0.6) is 5.75 Å². The number of aryl methyl sites for hydroxylation is 1. The van der Waals surface area contributed by atoms with Crippen LogP contribution in [-0.2, 0) is 36.8 Å². The molecule has 0 unspecified atom stereocenters. The van der Waals surface area contributed by atoms with Crippen LogP contribution < -0.4 is 99.3 Å². The number of hydrogen-bond donors (Lipinski definition) is 3. The van der Waals surface area contributed by atoms with E-state index in [0.717, 1.165) is 23.8 Å². The largest absolute Gasteiger partial charge is 1.00 e. The summed E-state index contributed by atoms with van der Waals surface area (Å²) in [6, 6.07) is 13.7. The molecule has 3 N–H and O–H groups in total. The van der Waals surface area contributed by atoms with E-state index in [2.05, 4.69) is 35.8 Å². The molecule has 5 rings (SSSR count). The number of nitrogens with one attached hydrogen (secondary N) is 2. The van der Waals surface area contributed by atoms with Crippen molar-refractivity contribution in [3.8, 4) is 5.75 Å². The molecular weight excluding hydrogens is 783 g/mol. The summed E-state index contributed by atoms with van der Waals surface area (Å²) in [6.07, 6.45) is 0.647. The van der Waals surface area contributed by atoms with Gasteiger partial charge in [-0.05, 0) is 65.4 Å². The van der Waals surface area contributed by atoms with Crippen molar-refractivity contribution in [2.75, 3.05) is 10.6 Å². The fraction of sp³-hybridized carbons (Fsp3) is 0.0741. The van der Waals surface area contributed by atoms with Gasteiger partial charge in [0.1, 0.15) is 41.7 Å². The maximum absolute atomic E-state index is 12.3. The van der Waals surface area contributed by atoms with Crippen LogP contribution in [0, 0.1) is 0 Å². The second-order valence-corrected chi connectivity index (χ2v) is 14.1. The Hall–Kier alpha value is -1.83. The quantitative estimate of drug-likeness (QED) is 0.0683. The molecule has 1 aromatic heterocycles. The number of fused-ring (bicyclic) bond motifs is 1. The third kappa shape index (κ3) is 10.9. The summed E-state index contributed by atoms with van der Waals surface area (Å²) < 4.78 is 108. The van der Waals surface area contributed by atoms with Crippen LogP contribution in [0.15, 0.2) is 91.6 Å². The van der Waals surface area contributed by atoms with Gasteiger partial charge >= 0.3 is 88.7 Å². The maximum Gasteiger partial charge on any atom is 1.00 e. The van der Waals surface area contributed by atoms with Gasteiger partial charge in [-0.1, -0.05) is 37.3 Å². The van der Waals surface area contributed by atoms with Crippen LogP contribution in [0.4, 0.5) is 34.6 Å². The molecule has 0 radical (unpaired) electrons. The molecule has 0 spiro atoms. The molecule has 0 aliphatic heterocycles. The number of hydrogen-bond acceptors (Lipinski definition) is 17. The molecule has 24 heteroatoms. The Bertz CT molecular complexity index is 2480. The molecule has 0 aliphatic carbocycles. The summed E-state index contributed by atoms with van der Waals surface area (Å²) in [6.45, 7) is 1.92. The van der Waals surface area contributed by atoms with E-state index < -0.39 is 78.6 Å². The molecule has 0 atom stereocenters. The number of anilines is 4. The predicted molar refractivity (Wildman–Crippen MR) is 167 cm³/mol. The SMILES string of the molecule is CCc1ccccc1Nc1nc(Cl)nc(Nc2cc(S(=O)(=O)[O-])cc3cc(S(=O)(=O)[O-])c(N=Nc4ccccc4S(=O)(=O)[O-])c(O)c23)n1.[Na+].[Na+].[Na+]. The molecule has 0 aliphatic rings. The number of aromatic hydroxyl groups is 1. The molecule has 0 saturated heterocycles. The molecular formula is C27H19ClN7Na3O10S3. The zero-order valence-electron chi connectivity index (χ0n) is 27.0. The predicted octanol–water partition coefficient (Wildman–Crippen LogP) is -4.43. The minimum Gasteiger partial charge on any atom is -0.744 e. The fourth-order valence-corrected chi connectivity index (χ4v) is 6.45. The van der Waals surface area contributed by atoms with Crippen molar-refractivity contribution in [1.29, 1.82) is 0 Å². The Morgan fingerprint density at radius 2 is 1.29 bits per heavy atom. The first kappa shape index (κ1) is 45.3. The fourth-order valence-electron chi connectivity index (χ4n) is 4.50. The van der Waals surface area contributed by atoms with Gasteiger partial charge in [0, 0.05) is 11.1 Å². The molecule has 4 aromatic carbocycles. The van der Waals surface area contributed by atoms with Crippen LogP contribution in [0.3, 0.4) is 0 Å². The number of azo groups is 1. The average molecular weight is 802 g/mol. The number of halogens is 1. The Labute approximate surface area is 362 Å². The Morgan fingerprint density at radius 3 is 1.88 bits per heavy atom. The van der Waals surface area contributed by atoms with Gasteiger partial charge < -0.3 is 29.4 Å². The van der Waals surface area contributed by atoms with Crippen LogP contribution in [0.1, 0.15) is 12.5 Å². The van der Waals surface area contributed by atoms with Crippen molar-refractivity contribution < 1.29 is 133 Å². The molecule has 1 heterocycles. The topological polar surface area (TPSA) is 279 Å². The van der Waals surface area contributed by atoms with E-state index in [-0.39, 0.29) is 106 Å². The average Bonchev–Trinajstić information content (AvgIpc) is 2.99. The number of phenolic OH excluding ortho intramolecular Hbond substituents is 1. The van der Waals surface area contributed by atoms with Crippen LogP contribution >= 0.6 is 11.6 Å². The Balaban J connectivity index is 0.00000300. The van der Waals surface area contributed by atoms with Crippen molar-refractivity contribution >= 4 is 87.4 Å². The van der Waals surface area contributed by atoms with Crippen LogP contribution in [-0.4, -0.2) is 59.0 Å². The zero-order chi connectivity index (χ0) is 35.0. The smallest absolute Gasteiger partial charge is 0.744 e. The first-order valence-corrected chi connectivity index (χ1v) is 17.8. The summed E-state index contributed by atoms with van der Waals surface area (Å²) in [5.41, 5.74) is -0.450. The van der Waals surface area contributed by atoms with Gasteiger partial charge in [0.25, 0.3) is 0 Å².